The van der Waals surface area contributed by atoms with Crippen LogP contribution in [0.15, 0.2) is 24.3 Å². The molecule has 4 heteroatoms. The van der Waals surface area contributed by atoms with Crippen LogP contribution < -0.4 is 11.1 Å². The summed E-state index contributed by atoms with van der Waals surface area (Å²) in [6, 6.07) is 6.23. The first-order valence-electron chi connectivity index (χ1n) is 5.59. The van der Waals surface area contributed by atoms with Crippen molar-refractivity contribution in [2.45, 2.75) is 26.8 Å². The van der Waals surface area contributed by atoms with Crippen molar-refractivity contribution in [2.24, 2.45) is 11.7 Å². The number of hydrogen-bond donors (Lipinski definition) is 2. The molecule has 0 aliphatic carbocycles. The third-order valence-electron chi connectivity index (χ3n) is 2.58. The van der Waals surface area contributed by atoms with Crippen LogP contribution in [0.3, 0.4) is 0 Å². The predicted molar refractivity (Wildman–Crippen MR) is 67.9 cm³/mol. The fourth-order valence-corrected chi connectivity index (χ4v) is 1.32. The van der Waals surface area contributed by atoms with E-state index in [9.17, 15) is 9.59 Å². The van der Waals surface area contributed by atoms with Crippen molar-refractivity contribution in [2.75, 3.05) is 5.32 Å². The van der Waals surface area contributed by atoms with Crippen molar-refractivity contribution in [3.63, 3.8) is 0 Å². The fourth-order valence-electron chi connectivity index (χ4n) is 1.32. The fraction of sp³-hybridized carbons (Fsp3) is 0.385. The Bertz CT molecular complexity index is 410. The van der Waals surface area contributed by atoms with E-state index in [1.54, 1.807) is 24.3 Å². The van der Waals surface area contributed by atoms with Crippen LogP contribution in [-0.4, -0.2) is 17.7 Å². The molecule has 0 spiro atoms. The average Bonchev–Trinajstić information content (AvgIpc) is 2.28. The van der Waals surface area contributed by atoms with Gasteiger partial charge in [0.2, 0.25) is 5.91 Å². The largest absolute Gasteiger partial charge is 0.325 e. The van der Waals surface area contributed by atoms with Gasteiger partial charge in [0.05, 0.1) is 6.04 Å². The minimum Gasteiger partial charge on any atom is -0.325 e. The maximum atomic E-state index is 11.7. The van der Waals surface area contributed by atoms with E-state index in [0.29, 0.717) is 11.3 Å². The smallest absolute Gasteiger partial charge is 0.241 e. The molecule has 1 aromatic carbocycles. The van der Waals surface area contributed by atoms with Crippen LogP contribution in [0.1, 0.15) is 31.1 Å². The molecule has 1 aromatic rings. The summed E-state index contributed by atoms with van der Waals surface area (Å²) in [6.45, 7) is 5.29. The zero-order valence-electron chi connectivity index (χ0n) is 10.4. The molecule has 3 N–H and O–H groups in total. The third-order valence-corrected chi connectivity index (χ3v) is 2.58. The van der Waals surface area contributed by atoms with E-state index in [4.69, 9.17) is 5.73 Å². The van der Waals surface area contributed by atoms with Crippen molar-refractivity contribution < 1.29 is 9.59 Å². The van der Waals surface area contributed by atoms with Gasteiger partial charge >= 0.3 is 0 Å². The second kappa shape index (κ2) is 5.59. The summed E-state index contributed by atoms with van der Waals surface area (Å²) < 4.78 is 0. The summed E-state index contributed by atoms with van der Waals surface area (Å²) in [4.78, 5) is 22.7. The Kier molecular flexibility index (Phi) is 4.40. The number of hydrogen-bond acceptors (Lipinski definition) is 3. The van der Waals surface area contributed by atoms with Crippen molar-refractivity contribution in [3.8, 4) is 0 Å². The van der Waals surface area contributed by atoms with E-state index in [0.717, 1.165) is 0 Å². The van der Waals surface area contributed by atoms with Gasteiger partial charge in [0, 0.05) is 11.3 Å². The second-order valence-corrected chi connectivity index (χ2v) is 4.39. The van der Waals surface area contributed by atoms with Gasteiger partial charge in [-0.05, 0) is 37.1 Å². The zero-order valence-corrected chi connectivity index (χ0v) is 10.4. The molecule has 0 bridgehead atoms. The number of ketones is 1. The molecule has 0 heterocycles. The quantitative estimate of drug-likeness (QED) is 0.780. The molecular weight excluding hydrogens is 216 g/mol. The molecule has 0 unspecified atom stereocenters. The van der Waals surface area contributed by atoms with E-state index in [1.165, 1.54) is 6.92 Å². The van der Waals surface area contributed by atoms with Crippen LogP contribution in [0.25, 0.3) is 0 Å². The van der Waals surface area contributed by atoms with Crippen LogP contribution in [0.2, 0.25) is 0 Å². The van der Waals surface area contributed by atoms with E-state index < -0.39 is 6.04 Å². The lowest BCUT2D eigenvalue weighted by Crippen LogP contribution is -2.39. The highest BCUT2D eigenvalue weighted by molar-refractivity contribution is 5.97. The van der Waals surface area contributed by atoms with Crippen molar-refractivity contribution in [1.82, 2.24) is 0 Å². The van der Waals surface area contributed by atoms with Gasteiger partial charge in [-0.1, -0.05) is 13.8 Å². The van der Waals surface area contributed by atoms with E-state index in [-0.39, 0.29) is 17.6 Å². The third kappa shape index (κ3) is 3.67. The first-order valence-corrected chi connectivity index (χ1v) is 5.59. The minimum atomic E-state index is -0.525. The highest BCUT2D eigenvalue weighted by atomic mass is 16.2. The number of nitrogens with two attached hydrogens (primary N) is 1. The van der Waals surface area contributed by atoms with E-state index in [2.05, 4.69) is 5.32 Å². The predicted octanol–water partition coefficient (Wildman–Crippen LogP) is 1.81. The Morgan fingerprint density at radius 1 is 1.18 bits per heavy atom. The lowest BCUT2D eigenvalue weighted by Gasteiger charge is -2.15. The molecule has 0 aliphatic rings. The molecule has 0 aliphatic heterocycles. The summed E-state index contributed by atoms with van der Waals surface area (Å²) in [7, 11) is 0. The number of Topliss-reactive ketones (excluding diaryl/α,β-unsaturated/α-hetero) is 1. The molecule has 92 valence electrons. The first kappa shape index (κ1) is 13.4. The Balaban J connectivity index is 2.70. The number of nitrogens with one attached hydrogen (secondary N) is 1. The molecule has 4 nitrogen and oxygen atoms in total. The number of benzene rings is 1. The Morgan fingerprint density at radius 3 is 2.12 bits per heavy atom. The molecule has 0 saturated carbocycles. The van der Waals surface area contributed by atoms with Gasteiger partial charge in [-0.15, -0.1) is 0 Å². The lowest BCUT2D eigenvalue weighted by atomic mass is 10.0. The molecule has 0 aromatic heterocycles. The minimum absolute atomic E-state index is 0.00163. The van der Waals surface area contributed by atoms with Gasteiger partial charge in [-0.2, -0.15) is 0 Å². The Labute approximate surface area is 101 Å². The monoisotopic (exact) mass is 234 g/mol. The number of amides is 1. The van der Waals surface area contributed by atoms with Gasteiger partial charge in [0.25, 0.3) is 0 Å². The molecule has 1 rings (SSSR count). The zero-order chi connectivity index (χ0) is 13.0. The van der Waals surface area contributed by atoms with Crippen molar-refractivity contribution in [1.29, 1.82) is 0 Å². The Hall–Kier alpha value is -1.68. The maximum Gasteiger partial charge on any atom is 0.241 e. The van der Waals surface area contributed by atoms with Crippen LogP contribution in [0, 0.1) is 5.92 Å². The molecule has 17 heavy (non-hydrogen) atoms. The van der Waals surface area contributed by atoms with Crippen molar-refractivity contribution >= 4 is 17.4 Å². The van der Waals surface area contributed by atoms with Crippen LogP contribution in [-0.2, 0) is 4.79 Å². The molecule has 0 radical (unpaired) electrons. The Morgan fingerprint density at radius 2 is 1.71 bits per heavy atom. The van der Waals surface area contributed by atoms with Gasteiger partial charge in [0.15, 0.2) is 5.78 Å². The van der Waals surface area contributed by atoms with Gasteiger partial charge in [-0.3, -0.25) is 9.59 Å². The molecule has 1 atom stereocenters. The summed E-state index contributed by atoms with van der Waals surface area (Å²) in [5, 5.41) is 2.71. The van der Waals surface area contributed by atoms with E-state index >= 15 is 0 Å². The topological polar surface area (TPSA) is 72.2 Å². The lowest BCUT2D eigenvalue weighted by molar-refractivity contribution is -0.118. The normalized spacial score (nSPS) is 12.3. The average molecular weight is 234 g/mol. The summed E-state index contributed by atoms with van der Waals surface area (Å²) in [5.41, 5.74) is 6.99. The van der Waals surface area contributed by atoms with Gasteiger partial charge in [0.1, 0.15) is 0 Å². The van der Waals surface area contributed by atoms with Crippen molar-refractivity contribution in [3.05, 3.63) is 29.8 Å². The number of rotatable bonds is 4. The number of carbonyl (C=O) groups is 2. The summed E-state index contributed by atoms with van der Waals surface area (Å²) in [5.74, 6) is -0.121. The molecule has 1 amide bonds. The number of carbonyl (C=O) groups excluding carboxylic acids is 2. The highest BCUT2D eigenvalue weighted by Crippen LogP contribution is 2.11. The summed E-state index contributed by atoms with van der Waals surface area (Å²) >= 11 is 0. The first-order chi connectivity index (χ1) is 7.91. The second-order valence-electron chi connectivity index (χ2n) is 4.39. The van der Waals surface area contributed by atoms with Crippen LogP contribution in [0.4, 0.5) is 5.69 Å². The SMILES string of the molecule is CC(=O)c1ccc(NC(=O)[C@@H](N)C(C)C)cc1. The van der Waals surface area contributed by atoms with Gasteiger partial charge < -0.3 is 11.1 Å². The van der Waals surface area contributed by atoms with Gasteiger partial charge in [-0.25, -0.2) is 0 Å². The van der Waals surface area contributed by atoms with E-state index in [1.807, 2.05) is 13.8 Å². The number of anilines is 1. The van der Waals surface area contributed by atoms with Crippen LogP contribution >= 0.6 is 0 Å². The maximum absolute atomic E-state index is 11.7. The molecule has 0 saturated heterocycles. The highest BCUT2D eigenvalue weighted by Gasteiger charge is 2.16. The van der Waals surface area contributed by atoms with Crippen LogP contribution in [0.5, 0.6) is 0 Å². The molecule has 0 fully saturated rings. The molecular formula is C13H18N2O2. The summed E-state index contributed by atoms with van der Waals surface area (Å²) in [6.07, 6.45) is 0. The standard InChI is InChI=1S/C13H18N2O2/c1-8(2)12(14)13(17)15-11-6-4-10(5-7-11)9(3)16/h4-8,12H,14H2,1-3H3,(H,15,17)/t12-/m0/s1.